The zero-order chi connectivity index (χ0) is 12.7. The van der Waals surface area contributed by atoms with Crippen molar-refractivity contribution in [2.24, 2.45) is 0 Å². The highest BCUT2D eigenvalue weighted by atomic mass is 79.9. The summed E-state index contributed by atoms with van der Waals surface area (Å²) in [5, 5.41) is 3.20. The van der Waals surface area contributed by atoms with E-state index in [0.717, 1.165) is 0 Å². The Labute approximate surface area is 108 Å². The van der Waals surface area contributed by atoms with Crippen molar-refractivity contribution >= 4 is 27.8 Å². The predicted molar refractivity (Wildman–Crippen MR) is 67.8 cm³/mol. The van der Waals surface area contributed by atoms with Gasteiger partial charge in [-0.2, -0.15) is 0 Å². The van der Waals surface area contributed by atoms with Crippen LogP contribution in [0.1, 0.15) is 18.0 Å². The number of amides is 1. The standard InChI is InChI=1S/C12H14BrNO3/c1-17-12(16)11(14-10(15)7-8-13)9-5-3-2-4-6-9/h2-6,11H,7-8H2,1H3,(H,14,15). The molecule has 0 saturated heterocycles. The molecule has 0 aliphatic carbocycles. The van der Waals surface area contributed by atoms with Gasteiger partial charge in [0.2, 0.25) is 5.91 Å². The number of benzene rings is 1. The highest BCUT2D eigenvalue weighted by molar-refractivity contribution is 9.09. The average molecular weight is 300 g/mol. The van der Waals surface area contributed by atoms with E-state index in [9.17, 15) is 9.59 Å². The molecular formula is C12H14BrNO3. The van der Waals surface area contributed by atoms with Gasteiger partial charge in [0.25, 0.3) is 0 Å². The molecule has 0 aliphatic heterocycles. The van der Waals surface area contributed by atoms with Crippen LogP contribution in [-0.2, 0) is 14.3 Å². The second-order valence-corrected chi connectivity index (χ2v) is 4.17. The van der Waals surface area contributed by atoms with Crippen LogP contribution in [0.15, 0.2) is 30.3 Å². The summed E-state index contributed by atoms with van der Waals surface area (Å²) >= 11 is 3.17. The molecule has 0 fully saturated rings. The third kappa shape index (κ3) is 4.19. The fourth-order valence-corrected chi connectivity index (χ4v) is 1.72. The topological polar surface area (TPSA) is 55.4 Å². The Bertz CT molecular complexity index is 381. The maximum absolute atomic E-state index is 11.6. The van der Waals surface area contributed by atoms with Gasteiger partial charge in [0.1, 0.15) is 0 Å². The van der Waals surface area contributed by atoms with Gasteiger partial charge in [-0.3, -0.25) is 4.79 Å². The molecule has 0 radical (unpaired) electrons. The van der Waals surface area contributed by atoms with Gasteiger partial charge in [0.15, 0.2) is 6.04 Å². The van der Waals surface area contributed by atoms with Crippen molar-refractivity contribution in [3.63, 3.8) is 0 Å². The minimum Gasteiger partial charge on any atom is -0.467 e. The summed E-state index contributed by atoms with van der Waals surface area (Å²) in [7, 11) is 1.30. The molecule has 1 aromatic carbocycles. The fraction of sp³-hybridized carbons (Fsp3) is 0.333. The van der Waals surface area contributed by atoms with Crippen LogP contribution in [0.25, 0.3) is 0 Å². The van der Waals surface area contributed by atoms with Crippen molar-refractivity contribution in [2.75, 3.05) is 12.4 Å². The van der Waals surface area contributed by atoms with E-state index in [1.807, 2.05) is 18.2 Å². The molecule has 17 heavy (non-hydrogen) atoms. The third-order valence-corrected chi connectivity index (χ3v) is 2.59. The number of alkyl halides is 1. The van der Waals surface area contributed by atoms with E-state index in [2.05, 4.69) is 26.0 Å². The molecule has 0 bridgehead atoms. The molecule has 0 heterocycles. The van der Waals surface area contributed by atoms with Gasteiger partial charge >= 0.3 is 5.97 Å². The van der Waals surface area contributed by atoms with Crippen molar-refractivity contribution in [3.05, 3.63) is 35.9 Å². The molecule has 1 aromatic rings. The molecule has 1 rings (SSSR count). The fourth-order valence-electron chi connectivity index (χ4n) is 1.36. The smallest absolute Gasteiger partial charge is 0.333 e. The molecule has 0 saturated carbocycles. The lowest BCUT2D eigenvalue weighted by Crippen LogP contribution is -2.34. The lowest BCUT2D eigenvalue weighted by molar-refractivity contribution is -0.145. The Morgan fingerprint density at radius 3 is 2.53 bits per heavy atom. The van der Waals surface area contributed by atoms with E-state index >= 15 is 0 Å². The third-order valence-electron chi connectivity index (χ3n) is 2.20. The molecule has 0 spiro atoms. The Morgan fingerprint density at radius 1 is 1.35 bits per heavy atom. The minimum absolute atomic E-state index is 0.193. The van der Waals surface area contributed by atoms with Gasteiger partial charge in [0, 0.05) is 11.8 Å². The summed E-state index contributed by atoms with van der Waals surface area (Å²) in [6, 6.07) is 8.27. The second-order valence-electron chi connectivity index (χ2n) is 3.37. The first-order valence-corrected chi connectivity index (χ1v) is 6.29. The molecule has 4 nitrogen and oxygen atoms in total. The minimum atomic E-state index is -0.743. The summed E-state index contributed by atoms with van der Waals surface area (Å²) in [5.74, 6) is -0.666. The number of ether oxygens (including phenoxy) is 1. The number of methoxy groups -OCH3 is 1. The normalized spacial score (nSPS) is 11.6. The van der Waals surface area contributed by atoms with E-state index in [0.29, 0.717) is 17.3 Å². The van der Waals surface area contributed by atoms with Crippen molar-refractivity contribution in [1.29, 1.82) is 0 Å². The van der Waals surface area contributed by atoms with Gasteiger partial charge < -0.3 is 10.1 Å². The van der Waals surface area contributed by atoms with E-state index in [1.54, 1.807) is 12.1 Å². The molecule has 0 aromatic heterocycles. The number of nitrogens with one attached hydrogen (secondary N) is 1. The molecular weight excluding hydrogens is 286 g/mol. The number of esters is 1. The van der Waals surface area contributed by atoms with Crippen LogP contribution in [0.5, 0.6) is 0 Å². The van der Waals surface area contributed by atoms with Gasteiger partial charge in [-0.1, -0.05) is 46.3 Å². The number of carbonyl (C=O) groups excluding carboxylic acids is 2. The zero-order valence-corrected chi connectivity index (χ0v) is 11.1. The van der Waals surface area contributed by atoms with Crippen LogP contribution < -0.4 is 5.32 Å². The number of carbonyl (C=O) groups is 2. The van der Waals surface area contributed by atoms with Crippen LogP contribution in [0, 0.1) is 0 Å². The van der Waals surface area contributed by atoms with Crippen molar-refractivity contribution in [3.8, 4) is 0 Å². The van der Waals surface area contributed by atoms with Crippen LogP contribution >= 0.6 is 15.9 Å². The van der Waals surface area contributed by atoms with E-state index in [-0.39, 0.29) is 5.91 Å². The van der Waals surface area contributed by atoms with Gasteiger partial charge in [0.05, 0.1) is 7.11 Å². The maximum atomic E-state index is 11.6. The first-order chi connectivity index (χ1) is 8.19. The Morgan fingerprint density at radius 2 is 2.00 bits per heavy atom. The monoisotopic (exact) mass is 299 g/mol. The van der Waals surface area contributed by atoms with E-state index in [4.69, 9.17) is 0 Å². The van der Waals surface area contributed by atoms with Crippen molar-refractivity contribution in [1.82, 2.24) is 5.32 Å². The summed E-state index contributed by atoms with van der Waals surface area (Å²) in [6.45, 7) is 0. The van der Waals surface area contributed by atoms with Crippen LogP contribution in [-0.4, -0.2) is 24.3 Å². The summed E-state index contributed by atoms with van der Waals surface area (Å²) in [5.41, 5.74) is 0.710. The number of halogens is 1. The van der Waals surface area contributed by atoms with Crippen LogP contribution in [0.3, 0.4) is 0 Å². The predicted octanol–water partition coefficient (Wildman–Crippen LogP) is 1.80. The Balaban J connectivity index is 2.82. The largest absolute Gasteiger partial charge is 0.467 e. The Kier molecular flexibility index (Phi) is 5.69. The molecule has 1 atom stereocenters. The van der Waals surface area contributed by atoms with Gasteiger partial charge in [-0.05, 0) is 5.56 Å². The first kappa shape index (κ1) is 13.7. The summed E-state index contributed by atoms with van der Waals surface area (Å²) < 4.78 is 4.68. The molecule has 1 amide bonds. The van der Waals surface area contributed by atoms with Gasteiger partial charge in [-0.15, -0.1) is 0 Å². The van der Waals surface area contributed by atoms with E-state index in [1.165, 1.54) is 7.11 Å². The zero-order valence-electron chi connectivity index (χ0n) is 9.48. The van der Waals surface area contributed by atoms with Crippen LogP contribution in [0.2, 0.25) is 0 Å². The number of hydrogen-bond donors (Lipinski definition) is 1. The average Bonchev–Trinajstić information content (AvgIpc) is 2.36. The maximum Gasteiger partial charge on any atom is 0.333 e. The Hall–Kier alpha value is -1.36. The molecule has 1 unspecified atom stereocenters. The quantitative estimate of drug-likeness (QED) is 0.666. The molecule has 0 aliphatic rings. The molecule has 1 N–H and O–H groups in total. The highest BCUT2D eigenvalue weighted by Gasteiger charge is 2.22. The lowest BCUT2D eigenvalue weighted by atomic mass is 10.1. The molecule has 5 heteroatoms. The number of hydrogen-bond acceptors (Lipinski definition) is 3. The molecule has 92 valence electrons. The van der Waals surface area contributed by atoms with E-state index < -0.39 is 12.0 Å². The summed E-state index contributed by atoms with van der Waals surface area (Å²) in [6.07, 6.45) is 0.320. The second kappa shape index (κ2) is 7.06. The van der Waals surface area contributed by atoms with Crippen molar-refractivity contribution in [2.45, 2.75) is 12.5 Å². The van der Waals surface area contributed by atoms with Crippen molar-refractivity contribution < 1.29 is 14.3 Å². The highest BCUT2D eigenvalue weighted by Crippen LogP contribution is 2.14. The lowest BCUT2D eigenvalue weighted by Gasteiger charge is -2.16. The number of rotatable bonds is 5. The van der Waals surface area contributed by atoms with Crippen LogP contribution in [0.4, 0.5) is 0 Å². The SMILES string of the molecule is COC(=O)C(NC(=O)CCBr)c1ccccc1. The van der Waals surface area contributed by atoms with Gasteiger partial charge in [-0.25, -0.2) is 4.79 Å². The summed E-state index contributed by atoms with van der Waals surface area (Å²) in [4.78, 5) is 23.1. The first-order valence-electron chi connectivity index (χ1n) is 5.17.